The van der Waals surface area contributed by atoms with Gasteiger partial charge in [-0.3, -0.25) is 4.79 Å². The van der Waals surface area contributed by atoms with Crippen molar-refractivity contribution < 1.29 is 18.3 Å². The Hall–Kier alpha value is -1.40. The maximum absolute atomic E-state index is 11.9. The molecule has 1 fully saturated rings. The van der Waals surface area contributed by atoms with Crippen LogP contribution in [0.4, 0.5) is 0 Å². The van der Waals surface area contributed by atoms with Crippen LogP contribution in [-0.4, -0.2) is 25.5 Å². The van der Waals surface area contributed by atoms with Crippen molar-refractivity contribution in [2.75, 3.05) is 0 Å². The monoisotopic (exact) mass is 269 g/mol. The second-order valence-electron chi connectivity index (χ2n) is 4.46. The molecular formula is C12H15NO4S. The van der Waals surface area contributed by atoms with Crippen molar-refractivity contribution in [2.45, 2.75) is 36.6 Å². The highest BCUT2D eigenvalue weighted by atomic mass is 32.2. The molecule has 1 aromatic carbocycles. The minimum absolute atomic E-state index is 0.0497. The number of rotatable bonds is 5. The quantitative estimate of drug-likeness (QED) is 0.839. The second kappa shape index (κ2) is 5.07. The fourth-order valence-electron chi connectivity index (χ4n) is 1.77. The fraction of sp³-hybridized carbons (Fsp3) is 0.417. The van der Waals surface area contributed by atoms with E-state index in [-0.39, 0.29) is 17.4 Å². The molecule has 18 heavy (non-hydrogen) atoms. The lowest BCUT2D eigenvalue weighted by Gasteiger charge is -2.26. The summed E-state index contributed by atoms with van der Waals surface area (Å²) in [7, 11) is -3.46. The first kappa shape index (κ1) is 13.0. The lowest BCUT2D eigenvalue weighted by Crippen LogP contribution is -2.39. The SMILES string of the molecule is O=C(O)Cc1ccc(S(=O)(=O)NC2CCC2)cc1. The third kappa shape index (κ3) is 3.08. The van der Waals surface area contributed by atoms with Crippen LogP contribution >= 0.6 is 0 Å². The Balaban J connectivity index is 2.10. The summed E-state index contributed by atoms with van der Waals surface area (Å²) in [6, 6.07) is 6.00. The van der Waals surface area contributed by atoms with Crippen molar-refractivity contribution in [1.82, 2.24) is 4.72 Å². The second-order valence-corrected chi connectivity index (χ2v) is 6.18. The van der Waals surface area contributed by atoms with Gasteiger partial charge in [0.15, 0.2) is 0 Å². The summed E-state index contributed by atoms with van der Waals surface area (Å²) in [4.78, 5) is 10.7. The molecule has 1 aliphatic rings. The van der Waals surface area contributed by atoms with Gasteiger partial charge in [0, 0.05) is 6.04 Å². The molecule has 2 N–H and O–H groups in total. The van der Waals surface area contributed by atoms with Crippen LogP contribution in [0, 0.1) is 0 Å². The minimum Gasteiger partial charge on any atom is -0.481 e. The molecule has 5 nitrogen and oxygen atoms in total. The van der Waals surface area contributed by atoms with Crippen LogP contribution in [0.3, 0.4) is 0 Å². The van der Waals surface area contributed by atoms with Gasteiger partial charge in [-0.05, 0) is 30.5 Å². The number of carbonyl (C=O) groups is 1. The van der Waals surface area contributed by atoms with Gasteiger partial charge in [0.1, 0.15) is 0 Å². The van der Waals surface area contributed by atoms with Gasteiger partial charge in [0.2, 0.25) is 10.0 Å². The lowest BCUT2D eigenvalue weighted by atomic mass is 9.94. The molecule has 98 valence electrons. The van der Waals surface area contributed by atoms with E-state index in [1.165, 1.54) is 24.3 Å². The van der Waals surface area contributed by atoms with Crippen molar-refractivity contribution in [2.24, 2.45) is 0 Å². The number of carboxylic acids is 1. The highest BCUT2D eigenvalue weighted by Gasteiger charge is 2.24. The Labute approximate surface area is 106 Å². The van der Waals surface area contributed by atoms with Crippen molar-refractivity contribution >= 4 is 16.0 Å². The molecule has 0 radical (unpaired) electrons. The van der Waals surface area contributed by atoms with Crippen LogP contribution in [0.2, 0.25) is 0 Å². The lowest BCUT2D eigenvalue weighted by molar-refractivity contribution is -0.136. The van der Waals surface area contributed by atoms with Crippen LogP contribution in [0.15, 0.2) is 29.2 Å². The molecule has 2 rings (SSSR count). The van der Waals surface area contributed by atoms with Crippen LogP contribution in [0.5, 0.6) is 0 Å². The molecule has 0 bridgehead atoms. The average molecular weight is 269 g/mol. The van der Waals surface area contributed by atoms with E-state index in [0.29, 0.717) is 5.56 Å². The maximum Gasteiger partial charge on any atom is 0.307 e. The molecule has 0 amide bonds. The summed E-state index contributed by atoms with van der Waals surface area (Å²) in [6.07, 6.45) is 2.73. The summed E-state index contributed by atoms with van der Waals surface area (Å²) in [5.74, 6) is -0.932. The van der Waals surface area contributed by atoms with E-state index in [1.54, 1.807) is 0 Å². The fourth-order valence-corrected chi connectivity index (χ4v) is 3.08. The first-order valence-electron chi connectivity index (χ1n) is 5.80. The predicted molar refractivity (Wildman–Crippen MR) is 65.7 cm³/mol. The molecule has 0 aliphatic heterocycles. The molecule has 1 aromatic rings. The van der Waals surface area contributed by atoms with Gasteiger partial charge >= 0.3 is 5.97 Å². The number of sulfonamides is 1. The number of carboxylic acid groups (broad SMARTS) is 1. The zero-order valence-corrected chi connectivity index (χ0v) is 10.6. The van der Waals surface area contributed by atoms with Crippen LogP contribution in [0.1, 0.15) is 24.8 Å². The molecule has 0 unspecified atom stereocenters. The third-order valence-electron chi connectivity index (χ3n) is 3.02. The molecule has 0 aromatic heterocycles. The Bertz CT molecular complexity index is 532. The van der Waals surface area contributed by atoms with Crippen LogP contribution < -0.4 is 4.72 Å². The predicted octanol–water partition coefficient (Wildman–Crippen LogP) is 1.14. The molecule has 0 atom stereocenters. The van der Waals surface area contributed by atoms with Crippen molar-refractivity contribution in [1.29, 1.82) is 0 Å². The average Bonchev–Trinajstić information content (AvgIpc) is 2.24. The minimum atomic E-state index is -3.46. The van der Waals surface area contributed by atoms with Gasteiger partial charge in [-0.2, -0.15) is 0 Å². The Morgan fingerprint density at radius 3 is 2.33 bits per heavy atom. The van der Waals surface area contributed by atoms with Gasteiger partial charge in [-0.1, -0.05) is 18.6 Å². The molecule has 0 heterocycles. The maximum atomic E-state index is 11.9. The molecule has 1 aliphatic carbocycles. The van der Waals surface area contributed by atoms with Gasteiger partial charge < -0.3 is 5.11 Å². The molecule has 6 heteroatoms. The van der Waals surface area contributed by atoms with Gasteiger partial charge in [0.05, 0.1) is 11.3 Å². The van der Waals surface area contributed by atoms with Gasteiger partial charge in [-0.15, -0.1) is 0 Å². The number of aliphatic carboxylic acids is 1. The normalized spacial score (nSPS) is 16.2. The molecule has 0 saturated heterocycles. The van der Waals surface area contributed by atoms with Crippen LogP contribution in [0.25, 0.3) is 0 Å². The van der Waals surface area contributed by atoms with E-state index in [9.17, 15) is 13.2 Å². The summed E-state index contributed by atoms with van der Waals surface area (Å²) in [6.45, 7) is 0. The third-order valence-corrected chi connectivity index (χ3v) is 4.55. The topological polar surface area (TPSA) is 83.5 Å². The first-order chi connectivity index (χ1) is 8.47. The molecular weight excluding hydrogens is 254 g/mol. The molecule has 1 saturated carbocycles. The highest BCUT2D eigenvalue weighted by Crippen LogP contribution is 2.21. The van der Waals surface area contributed by atoms with E-state index in [1.807, 2.05) is 0 Å². The number of nitrogens with one attached hydrogen (secondary N) is 1. The van der Waals surface area contributed by atoms with E-state index >= 15 is 0 Å². The largest absolute Gasteiger partial charge is 0.481 e. The van der Waals surface area contributed by atoms with E-state index in [2.05, 4.69) is 4.72 Å². The Morgan fingerprint density at radius 1 is 1.28 bits per heavy atom. The standard InChI is InChI=1S/C12H15NO4S/c14-12(15)8-9-4-6-11(7-5-9)18(16,17)13-10-2-1-3-10/h4-7,10,13H,1-3,8H2,(H,14,15). The number of benzene rings is 1. The molecule has 0 spiro atoms. The van der Waals surface area contributed by atoms with E-state index < -0.39 is 16.0 Å². The summed E-state index contributed by atoms with van der Waals surface area (Å²) in [5.41, 5.74) is 0.588. The highest BCUT2D eigenvalue weighted by molar-refractivity contribution is 7.89. The van der Waals surface area contributed by atoms with E-state index in [4.69, 9.17) is 5.11 Å². The Morgan fingerprint density at radius 2 is 1.89 bits per heavy atom. The van der Waals surface area contributed by atoms with Crippen LogP contribution in [-0.2, 0) is 21.2 Å². The van der Waals surface area contributed by atoms with Crippen molar-refractivity contribution in [3.63, 3.8) is 0 Å². The Kier molecular flexibility index (Phi) is 3.68. The number of hydrogen-bond acceptors (Lipinski definition) is 3. The zero-order valence-electron chi connectivity index (χ0n) is 9.80. The summed E-state index contributed by atoms with van der Waals surface area (Å²) < 4.78 is 26.5. The number of hydrogen-bond donors (Lipinski definition) is 2. The summed E-state index contributed by atoms with van der Waals surface area (Å²) >= 11 is 0. The first-order valence-corrected chi connectivity index (χ1v) is 7.29. The smallest absolute Gasteiger partial charge is 0.307 e. The van der Waals surface area contributed by atoms with E-state index in [0.717, 1.165) is 19.3 Å². The van der Waals surface area contributed by atoms with Crippen molar-refractivity contribution in [3.05, 3.63) is 29.8 Å². The van der Waals surface area contributed by atoms with Crippen molar-refractivity contribution in [3.8, 4) is 0 Å². The zero-order chi connectivity index (χ0) is 13.2. The summed E-state index contributed by atoms with van der Waals surface area (Å²) in [5, 5.41) is 8.62. The van der Waals surface area contributed by atoms with Gasteiger partial charge in [-0.25, -0.2) is 13.1 Å². The van der Waals surface area contributed by atoms with Gasteiger partial charge in [0.25, 0.3) is 0 Å².